The lowest BCUT2D eigenvalue weighted by molar-refractivity contribution is -0.122. The zero-order valence-electron chi connectivity index (χ0n) is 18.9. The molecule has 7 nitrogen and oxygen atoms in total. The Hall–Kier alpha value is -2.92. The number of thioether (sulfide) groups is 1. The van der Waals surface area contributed by atoms with Crippen molar-refractivity contribution in [3.8, 4) is 11.5 Å². The molecule has 1 saturated heterocycles. The fraction of sp³-hybridized carbons (Fsp3) is 0.200. The van der Waals surface area contributed by atoms with Gasteiger partial charge in [0.05, 0.1) is 4.91 Å². The summed E-state index contributed by atoms with van der Waals surface area (Å²) in [5.41, 5.74) is 1.95. The number of rotatable bonds is 8. The van der Waals surface area contributed by atoms with Crippen LogP contribution >= 0.6 is 46.9 Å². The second kappa shape index (κ2) is 11.0. The molecule has 2 aliphatic rings. The molecule has 3 heterocycles. The van der Waals surface area contributed by atoms with E-state index in [1.807, 2.05) is 42.5 Å². The van der Waals surface area contributed by atoms with E-state index in [9.17, 15) is 9.59 Å². The number of aromatic nitrogens is 1. The molecule has 0 atom stereocenters. The van der Waals surface area contributed by atoms with Gasteiger partial charge in [0.15, 0.2) is 16.6 Å². The molecule has 2 aliphatic heterocycles. The van der Waals surface area contributed by atoms with Gasteiger partial charge in [0.1, 0.15) is 4.32 Å². The Morgan fingerprint density at radius 1 is 1.19 bits per heavy atom. The van der Waals surface area contributed by atoms with E-state index in [0.717, 1.165) is 22.4 Å². The average Bonchev–Trinajstić information content (AvgIpc) is 3.56. The third-order valence-electron chi connectivity index (χ3n) is 5.45. The van der Waals surface area contributed by atoms with Gasteiger partial charge in [0.2, 0.25) is 12.7 Å². The molecule has 1 fully saturated rings. The number of nitrogens with one attached hydrogen (secondary N) is 1. The Labute approximate surface area is 226 Å². The van der Waals surface area contributed by atoms with E-state index in [2.05, 4.69) is 10.3 Å². The molecule has 0 aliphatic carbocycles. The van der Waals surface area contributed by atoms with Gasteiger partial charge in [-0.1, -0.05) is 53.8 Å². The highest BCUT2D eigenvalue weighted by Gasteiger charge is 2.31. The van der Waals surface area contributed by atoms with Crippen LogP contribution in [0.1, 0.15) is 28.8 Å². The Bertz CT molecular complexity index is 1360. The van der Waals surface area contributed by atoms with Crippen LogP contribution in [0, 0.1) is 0 Å². The normalized spacial score (nSPS) is 15.7. The number of benzene rings is 2. The maximum Gasteiger partial charge on any atom is 0.266 e. The first-order chi connectivity index (χ1) is 17.4. The number of nitrogens with zero attached hydrogens (tertiary/aromatic N) is 2. The van der Waals surface area contributed by atoms with Crippen molar-refractivity contribution in [1.82, 2.24) is 9.88 Å². The molecule has 1 N–H and O–H groups in total. The Kier molecular flexibility index (Phi) is 7.56. The molecule has 2 amide bonds. The second-order valence-electron chi connectivity index (χ2n) is 8.03. The van der Waals surface area contributed by atoms with Crippen molar-refractivity contribution >= 4 is 74.3 Å². The van der Waals surface area contributed by atoms with Crippen LogP contribution in [0.15, 0.2) is 53.6 Å². The van der Waals surface area contributed by atoms with Gasteiger partial charge in [-0.2, -0.15) is 0 Å². The minimum absolute atomic E-state index is 0.149. The number of ether oxygens (including phenoxy) is 2. The lowest BCUT2D eigenvalue weighted by atomic mass is 10.1. The van der Waals surface area contributed by atoms with Crippen LogP contribution in [-0.2, 0) is 16.0 Å². The predicted molar refractivity (Wildman–Crippen MR) is 147 cm³/mol. The Morgan fingerprint density at radius 2 is 2.00 bits per heavy atom. The number of hydrogen-bond acceptors (Lipinski definition) is 8. The predicted octanol–water partition coefficient (Wildman–Crippen LogP) is 5.74. The molecule has 5 rings (SSSR count). The average molecular weight is 558 g/mol. The van der Waals surface area contributed by atoms with Crippen LogP contribution in [0.5, 0.6) is 11.5 Å². The fourth-order valence-corrected chi connectivity index (χ4v) is 5.97. The van der Waals surface area contributed by atoms with Gasteiger partial charge < -0.3 is 14.8 Å². The van der Waals surface area contributed by atoms with Crippen LogP contribution in [0.4, 0.5) is 5.13 Å². The van der Waals surface area contributed by atoms with Crippen LogP contribution in [0.3, 0.4) is 0 Å². The summed E-state index contributed by atoms with van der Waals surface area (Å²) < 4.78 is 11.2. The maximum atomic E-state index is 12.9. The Morgan fingerprint density at radius 3 is 2.83 bits per heavy atom. The van der Waals surface area contributed by atoms with Crippen LogP contribution in [-0.4, -0.2) is 39.4 Å². The summed E-state index contributed by atoms with van der Waals surface area (Å²) in [6.07, 6.45) is 5.02. The maximum absolute atomic E-state index is 12.9. The molecule has 1 aromatic heterocycles. The number of hydrogen-bond donors (Lipinski definition) is 1. The van der Waals surface area contributed by atoms with Crippen molar-refractivity contribution in [2.45, 2.75) is 19.3 Å². The molecule has 0 spiro atoms. The third kappa shape index (κ3) is 5.89. The SMILES string of the molecule is O=C(CCCN1C(=O)C(=Cc2ccc3c(c2)OCO3)SC1=S)Nc1ncc(Cc2ccc(Cl)cc2)s1. The highest BCUT2D eigenvalue weighted by molar-refractivity contribution is 8.26. The number of carbonyl (C=O) groups excluding carboxylic acids is 2. The topological polar surface area (TPSA) is 80.8 Å². The van der Waals surface area contributed by atoms with Gasteiger partial charge in [-0.15, -0.1) is 11.3 Å². The summed E-state index contributed by atoms with van der Waals surface area (Å²) in [6, 6.07) is 13.2. The fourth-order valence-electron chi connectivity index (χ4n) is 3.68. The number of amides is 2. The smallest absolute Gasteiger partial charge is 0.266 e. The summed E-state index contributed by atoms with van der Waals surface area (Å²) in [5.74, 6) is 1.04. The number of anilines is 1. The monoisotopic (exact) mass is 557 g/mol. The molecule has 3 aromatic rings. The number of carbonyl (C=O) groups is 2. The molecule has 0 unspecified atom stereocenters. The molecule has 0 bridgehead atoms. The van der Waals surface area contributed by atoms with Crippen LogP contribution in [0.2, 0.25) is 5.02 Å². The zero-order valence-corrected chi connectivity index (χ0v) is 22.1. The molecule has 36 heavy (non-hydrogen) atoms. The highest BCUT2D eigenvalue weighted by Crippen LogP contribution is 2.36. The summed E-state index contributed by atoms with van der Waals surface area (Å²) in [4.78, 5) is 32.7. The number of thiocarbonyl (C=S) groups is 1. The van der Waals surface area contributed by atoms with E-state index < -0.39 is 0 Å². The van der Waals surface area contributed by atoms with E-state index in [1.165, 1.54) is 23.1 Å². The zero-order chi connectivity index (χ0) is 25.1. The summed E-state index contributed by atoms with van der Waals surface area (Å²) >= 11 is 14.0. The molecule has 0 saturated carbocycles. The van der Waals surface area contributed by atoms with Crippen molar-refractivity contribution in [1.29, 1.82) is 0 Å². The van der Waals surface area contributed by atoms with Crippen LogP contribution < -0.4 is 14.8 Å². The van der Waals surface area contributed by atoms with E-state index >= 15 is 0 Å². The largest absolute Gasteiger partial charge is 0.454 e. The number of halogens is 1. The first-order valence-corrected chi connectivity index (χ1v) is 13.5. The van der Waals surface area contributed by atoms with Gasteiger partial charge in [-0.25, -0.2) is 4.98 Å². The van der Waals surface area contributed by atoms with E-state index in [1.54, 1.807) is 17.2 Å². The van der Waals surface area contributed by atoms with Crippen molar-refractivity contribution in [3.63, 3.8) is 0 Å². The van der Waals surface area contributed by atoms with Gasteiger partial charge in [0, 0.05) is 35.5 Å². The highest BCUT2D eigenvalue weighted by atomic mass is 35.5. The number of fused-ring (bicyclic) bond motifs is 1. The second-order valence-corrected chi connectivity index (χ2v) is 11.3. The minimum atomic E-state index is -0.158. The summed E-state index contributed by atoms with van der Waals surface area (Å²) in [7, 11) is 0. The van der Waals surface area contributed by atoms with Gasteiger partial charge in [0.25, 0.3) is 5.91 Å². The van der Waals surface area contributed by atoms with Crippen molar-refractivity contribution < 1.29 is 19.1 Å². The summed E-state index contributed by atoms with van der Waals surface area (Å²) in [5, 5.41) is 4.09. The van der Waals surface area contributed by atoms with Crippen molar-refractivity contribution in [3.05, 3.63) is 74.6 Å². The van der Waals surface area contributed by atoms with Gasteiger partial charge >= 0.3 is 0 Å². The lowest BCUT2D eigenvalue weighted by Crippen LogP contribution is -2.29. The quantitative estimate of drug-likeness (QED) is 0.279. The van der Waals surface area contributed by atoms with E-state index in [-0.39, 0.29) is 25.0 Å². The molecule has 11 heteroatoms. The Balaban J connectivity index is 1.10. The molecule has 0 radical (unpaired) electrons. The molecule has 2 aromatic carbocycles. The lowest BCUT2D eigenvalue weighted by Gasteiger charge is -2.13. The van der Waals surface area contributed by atoms with Gasteiger partial charge in [-0.3, -0.25) is 14.5 Å². The van der Waals surface area contributed by atoms with E-state index in [4.69, 9.17) is 33.3 Å². The molecule has 184 valence electrons. The van der Waals surface area contributed by atoms with Gasteiger partial charge in [-0.05, 0) is 47.9 Å². The van der Waals surface area contributed by atoms with Crippen molar-refractivity contribution in [2.24, 2.45) is 0 Å². The minimum Gasteiger partial charge on any atom is -0.454 e. The van der Waals surface area contributed by atoms with Crippen molar-refractivity contribution in [2.75, 3.05) is 18.7 Å². The third-order valence-corrected chi connectivity index (χ3v) is 7.99. The first-order valence-electron chi connectivity index (χ1n) is 11.1. The standard InChI is InChI=1S/C25H20ClN3O4S3/c26-17-6-3-15(4-7-17)10-18-13-27-24(35-18)28-22(30)2-1-9-29-23(31)21(36-25(29)34)12-16-5-8-19-20(11-16)33-14-32-19/h3-8,11-13H,1-2,9-10,14H2,(H,27,28,30). The van der Waals surface area contributed by atoms with E-state index in [0.29, 0.717) is 43.8 Å². The summed E-state index contributed by atoms with van der Waals surface area (Å²) in [6.45, 7) is 0.567. The number of thiazole rings is 1. The molecular weight excluding hydrogens is 538 g/mol. The molecular formula is C25H20ClN3O4S3. The first kappa shape index (κ1) is 24.8. The van der Waals surface area contributed by atoms with Crippen LogP contribution in [0.25, 0.3) is 6.08 Å².